The Hall–Kier alpha value is -2.49. The molecule has 1 aliphatic rings. The molecule has 1 aliphatic heterocycles. The van der Waals surface area contributed by atoms with Gasteiger partial charge < -0.3 is 10.0 Å². The number of rotatable bonds is 2. The number of aromatic nitrogens is 4. The van der Waals surface area contributed by atoms with Crippen LogP contribution in [0.4, 0.5) is 13.2 Å². The minimum atomic E-state index is -4.68. The summed E-state index contributed by atoms with van der Waals surface area (Å²) in [4.78, 5) is 17.3. The molecule has 0 aromatic carbocycles. The number of amides is 1. The zero-order valence-electron chi connectivity index (χ0n) is 12.4. The molecule has 2 aromatic heterocycles. The highest BCUT2D eigenvalue weighted by molar-refractivity contribution is 5.94. The number of piperidine rings is 1. The number of carbonyl (C=O) groups excluding carboxylic acids is 1. The predicted molar refractivity (Wildman–Crippen MR) is 74.7 cm³/mol. The second kappa shape index (κ2) is 5.86. The number of alkyl halides is 3. The molecule has 3 rings (SSSR count). The molecular weight excluding hydrogens is 327 g/mol. The number of hydrogen-bond donors (Lipinski definition) is 2. The molecule has 0 radical (unpaired) electrons. The molecule has 0 saturated carbocycles. The van der Waals surface area contributed by atoms with Crippen molar-refractivity contribution in [3.05, 3.63) is 41.5 Å². The van der Waals surface area contributed by atoms with Crippen molar-refractivity contribution in [3.8, 4) is 0 Å². The van der Waals surface area contributed by atoms with E-state index in [0.29, 0.717) is 12.8 Å². The summed E-state index contributed by atoms with van der Waals surface area (Å²) < 4.78 is 39.2. The van der Waals surface area contributed by atoms with Crippen LogP contribution < -0.4 is 0 Å². The van der Waals surface area contributed by atoms with Crippen LogP contribution in [0.25, 0.3) is 0 Å². The summed E-state index contributed by atoms with van der Waals surface area (Å²) >= 11 is 0. The average molecular weight is 341 g/mol. The second-order valence-electron chi connectivity index (χ2n) is 5.61. The molecule has 1 fully saturated rings. The lowest BCUT2D eigenvalue weighted by Gasteiger charge is -2.38. The number of H-pyrrole nitrogens is 1. The SMILES string of the molecule is O=C(c1ncccc1C(F)(F)F)N1CCC[C@@](O)(c2cn[nH]n2)C1. The minimum Gasteiger partial charge on any atom is -0.382 e. The quantitative estimate of drug-likeness (QED) is 0.860. The standard InChI is InChI=1S/C14H14F3N5O2/c15-14(16,17)9-3-1-5-18-11(9)12(23)22-6-2-4-13(24,8-22)10-7-19-21-20-10/h1,3,5,7,24H,2,4,6,8H2,(H,19,20,21)/t13-/m0/s1. The van der Waals surface area contributed by atoms with E-state index in [1.807, 2.05) is 0 Å². The zero-order chi connectivity index (χ0) is 17.4. The highest BCUT2D eigenvalue weighted by atomic mass is 19.4. The van der Waals surface area contributed by atoms with E-state index in [9.17, 15) is 23.1 Å². The molecule has 0 aliphatic carbocycles. The van der Waals surface area contributed by atoms with E-state index >= 15 is 0 Å². The van der Waals surface area contributed by atoms with E-state index in [-0.39, 0.29) is 18.8 Å². The topological polar surface area (TPSA) is 95.0 Å². The van der Waals surface area contributed by atoms with E-state index in [1.165, 1.54) is 6.20 Å². The number of aliphatic hydroxyl groups is 1. The van der Waals surface area contributed by atoms with E-state index in [1.54, 1.807) is 0 Å². The second-order valence-corrected chi connectivity index (χ2v) is 5.61. The van der Waals surface area contributed by atoms with Crippen molar-refractivity contribution in [2.45, 2.75) is 24.6 Å². The number of aromatic amines is 1. The van der Waals surface area contributed by atoms with Crippen LogP contribution in [0.2, 0.25) is 0 Å². The van der Waals surface area contributed by atoms with Crippen LogP contribution in [-0.2, 0) is 11.8 Å². The Bertz CT molecular complexity index is 734. The van der Waals surface area contributed by atoms with Gasteiger partial charge in [-0.3, -0.25) is 9.78 Å². The first-order chi connectivity index (χ1) is 11.3. The highest BCUT2D eigenvalue weighted by Gasteiger charge is 2.42. The van der Waals surface area contributed by atoms with Gasteiger partial charge in [0.15, 0.2) is 0 Å². The van der Waals surface area contributed by atoms with Crippen LogP contribution in [0, 0.1) is 0 Å². The highest BCUT2D eigenvalue weighted by Crippen LogP contribution is 2.34. The van der Waals surface area contributed by atoms with Gasteiger partial charge in [0.05, 0.1) is 18.3 Å². The van der Waals surface area contributed by atoms with Crippen molar-refractivity contribution < 1.29 is 23.1 Å². The smallest absolute Gasteiger partial charge is 0.382 e. The van der Waals surface area contributed by atoms with Gasteiger partial charge in [-0.25, -0.2) is 0 Å². The normalized spacial score (nSPS) is 21.8. The van der Waals surface area contributed by atoms with Gasteiger partial charge >= 0.3 is 6.18 Å². The van der Waals surface area contributed by atoms with Gasteiger partial charge in [-0.15, -0.1) is 0 Å². The monoisotopic (exact) mass is 341 g/mol. The van der Waals surface area contributed by atoms with Gasteiger partial charge in [-0.05, 0) is 25.0 Å². The number of carbonyl (C=O) groups is 1. The number of nitrogens with zero attached hydrogens (tertiary/aromatic N) is 4. The van der Waals surface area contributed by atoms with E-state index in [4.69, 9.17) is 0 Å². The molecule has 128 valence electrons. The first-order valence-corrected chi connectivity index (χ1v) is 7.21. The number of pyridine rings is 1. The predicted octanol–water partition coefficient (Wildman–Crippen LogP) is 1.34. The van der Waals surface area contributed by atoms with Crippen LogP contribution in [0.1, 0.15) is 34.6 Å². The molecule has 1 atom stereocenters. The fourth-order valence-electron chi connectivity index (χ4n) is 2.80. The number of likely N-dealkylation sites (tertiary alicyclic amines) is 1. The lowest BCUT2D eigenvalue weighted by molar-refractivity contribution is -0.138. The fourth-order valence-corrected chi connectivity index (χ4v) is 2.80. The van der Waals surface area contributed by atoms with Crippen LogP contribution in [-0.4, -0.2) is 49.4 Å². The molecule has 7 nitrogen and oxygen atoms in total. The van der Waals surface area contributed by atoms with Gasteiger partial charge in [-0.1, -0.05) is 0 Å². The molecule has 1 saturated heterocycles. The van der Waals surface area contributed by atoms with E-state index < -0.39 is 28.9 Å². The summed E-state index contributed by atoms with van der Waals surface area (Å²) in [6.45, 7) is 0.0547. The summed E-state index contributed by atoms with van der Waals surface area (Å²) in [5.41, 5.74) is -2.97. The largest absolute Gasteiger partial charge is 0.418 e. The summed E-state index contributed by atoms with van der Waals surface area (Å²) in [7, 11) is 0. The molecular formula is C14H14F3N5O2. The third-order valence-corrected chi connectivity index (χ3v) is 3.97. The lowest BCUT2D eigenvalue weighted by atomic mass is 9.89. The summed E-state index contributed by atoms with van der Waals surface area (Å²) in [5, 5.41) is 20.5. The maximum atomic E-state index is 13.1. The third kappa shape index (κ3) is 2.96. The molecule has 1 amide bonds. The van der Waals surface area contributed by atoms with Crippen LogP contribution in [0.5, 0.6) is 0 Å². The number of hydrogen-bond acceptors (Lipinski definition) is 5. The van der Waals surface area contributed by atoms with Crippen molar-refractivity contribution in [3.63, 3.8) is 0 Å². The van der Waals surface area contributed by atoms with Crippen LogP contribution in [0.3, 0.4) is 0 Å². The van der Waals surface area contributed by atoms with Crippen molar-refractivity contribution in [2.75, 3.05) is 13.1 Å². The number of β-amino-alcohol motifs (C(OH)–C–C–N with tert-alkyl or cyclic N) is 1. The van der Waals surface area contributed by atoms with Crippen molar-refractivity contribution in [1.29, 1.82) is 0 Å². The van der Waals surface area contributed by atoms with Gasteiger partial charge in [0.2, 0.25) is 0 Å². The Morgan fingerprint density at radius 1 is 1.42 bits per heavy atom. The summed E-state index contributed by atoms with van der Waals surface area (Å²) in [6, 6.07) is 1.94. The molecule has 10 heteroatoms. The summed E-state index contributed by atoms with van der Waals surface area (Å²) in [5.74, 6) is -0.871. The van der Waals surface area contributed by atoms with Gasteiger partial charge in [0.1, 0.15) is 17.0 Å². The van der Waals surface area contributed by atoms with Crippen molar-refractivity contribution in [1.82, 2.24) is 25.3 Å². The Balaban J connectivity index is 1.89. The molecule has 2 N–H and O–H groups in total. The Kier molecular flexibility index (Phi) is 3.99. The van der Waals surface area contributed by atoms with Crippen molar-refractivity contribution >= 4 is 5.91 Å². The first-order valence-electron chi connectivity index (χ1n) is 7.21. The minimum absolute atomic E-state index is 0.174. The maximum Gasteiger partial charge on any atom is 0.418 e. The molecule has 0 unspecified atom stereocenters. The van der Waals surface area contributed by atoms with Gasteiger partial charge in [-0.2, -0.15) is 28.6 Å². The molecule has 0 spiro atoms. The lowest BCUT2D eigenvalue weighted by Crippen LogP contribution is -2.49. The molecule has 2 aromatic rings. The third-order valence-electron chi connectivity index (χ3n) is 3.97. The van der Waals surface area contributed by atoms with E-state index in [0.717, 1.165) is 23.2 Å². The Labute approximate surface area is 134 Å². The van der Waals surface area contributed by atoms with Crippen LogP contribution >= 0.6 is 0 Å². The first kappa shape index (κ1) is 16.4. The molecule has 24 heavy (non-hydrogen) atoms. The molecule has 3 heterocycles. The number of halogens is 3. The van der Waals surface area contributed by atoms with Gasteiger partial charge in [0, 0.05) is 12.7 Å². The Morgan fingerprint density at radius 2 is 2.21 bits per heavy atom. The fraction of sp³-hybridized carbons (Fsp3) is 0.429. The summed E-state index contributed by atoms with van der Waals surface area (Å²) in [6.07, 6.45) is -1.47. The van der Waals surface area contributed by atoms with E-state index in [2.05, 4.69) is 20.4 Å². The van der Waals surface area contributed by atoms with Crippen LogP contribution in [0.15, 0.2) is 24.5 Å². The Morgan fingerprint density at radius 3 is 2.88 bits per heavy atom. The average Bonchev–Trinajstić information content (AvgIpc) is 3.09. The maximum absolute atomic E-state index is 13.1. The van der Waals surface area contributed by atoms with Gasteiger partial charge in [0.25, 0.3) is 5.91 Å². The number of nitrogens with one attached hydrogen (secondary N) is 1. The zero-order valence-corrected chi connectivity index (χ0v) is 12.4. The molecule has 0 bridgehead atoms. The van der Waals surface area contributed by atoms with Crippen molar-refractivity contribution in [2.24, 2.45) is 0 Å².